The minimum Gasteiger partial charge on any atom is -0.396 e. The maximum absolute atomic E-state index is 9.12. The number of aliphatic imine (C=N–C) groups is 1. The van der Waals surface area contributed by atoms with Gasteiger partial charge in [0.15, 0.2) is 5.96 Å². The van der Waals surface area contributed by atoms with Gasteiger partial charge in [-0.3, -0.25) is 4.99 Å². The maximum Gasteiger partial charge on any atom is 0.191 e. The second kappa shape index (κ2) is 9.40. The molecule has 1 aliphatic rings. The average molecular weight is 318 g/mol. The Hall–Kier alpha value is -1.75. The third-order valence-electron chi connectivity index (χ3n) is 4.17. The standard InChI is InChI=1S/C18H30N4O/c1-3-19-18(20-13-15(2)14-23)21-16-9-11-22(12-10-16)17-7-5-4-6-8-17/h4-8,15-16,23H,3,9-14H2,1-2H3,(H2,19,20,21). The van der Waals surface area contributed by atoms with Crippen molar-refractivity contribution in [3.8, 4) is 0 Å². The summed E-state index contributed by atoms with van der Waals surface area (Å²) >= 11 is 0. The second-order valence-electron chi connectivity index (χ2n) is 6.25. The van der Waals surface area contributed by atoms with Crippen LogP contribution in [0.3, 0.4) is 0 Å². The van der Waals surface area contributed by atoms with E-state index < -0.39 is 0 Å². The van der Waals surface area contributed by atoms with Gasteiger partial charge < -0.3 is 20.6 Å². The predicted molar refractivity (Wildman–Crippen MR) is 97.0 cm³/mol. The van der Waals surface area contributed by atoms with E-state index in [1.54, 1.807) is 0 Å². The molecule has 5 heteroatoms. The molecule has 23 heavy (non-hydrogen) atoms. The first-order valence-corrected chi connectivity index (χ1v) is 8.68. The molecule has 1 aromatic rings. The smallest absolute Gasteiger partial charge is 0.191 e. The lowest BCUT2D eigenvalue weighted by atomic mass is 10.0. The molecule has 0 saturated carbocycles. The molecule has 5 nitrogen and oxygen atoms in total. The molecule has 1 fully saturated rings. The molecular formula is C18H30N4O. The largest absolute Gasteiger partial charge is 0.396 e. The van der Waals surface area contributed by atoms with Gasteiger partial charge in [-0.15, -0.1) is 0 Å². The molecule has 0 radical (unpaired) electrons. The summed E-state index contributed by atoms with van der Waals surface area (Å²) in [5, 5.41) is 16.0. The summed E-state index contributed by atoms with van der Waals surface area (Å²) in [5.74, 6) is 1.07. The van der Waals surface area contributed by atoms with Gasteiger partial charge in [-0.2, -0.15) is 0 Å². The van der Waals surface area contributed by atoms with Crippen LogP contribution in [0, 0.1) is 5.92 Å². The van der Waals surface area contributed by atoms with Crippen LogP contribution < -0.4 is 15.5 Å². The zero-order chi connectivity index (χ0) is 16.5. The summed E-state index contributed by atoms with van der Waals surface area (Å²) in [6.45, 7) is 7.88. The van der Waals surface area contributed by atoms with Crippen LogP contribution in [-0.2, 0) is 0 Å². The fourth-order valence-electron chi connectivity index (χ4n) is 2.74. The highest BCUT2D eigenvalue weighted by atomic mass is 16.3. The SMILES string of the molecule is CCNC(=NCC(C)CO)NC1CCN(c2ccccc2)CC1. The van der Waals surface area contributed by atoms with E-state index in [0.29, 0.717) is 12.6 Å². The number of nitrogens with zero attached hydrogens (tertiary/aromatic N) is 2. The van der Waals surface area contributed by atoms with Crippen LogP contribution in [0.25, 0.3) is 0 Å². The van der Waals surface area contributed by atoms with Crippen molar-refractivity contribution in [3.05, 3.63) is 30.3 Å². The molecule has 1 aromatic carbocycles. The van der Waals surface area contributed by atoms with Crippen LogP contribution in [0.5, 0.6) is 0 Å². The Morgan fingerprint density at radius 1 is 1.30 bits per heavy atom. The highest BCUT2D eigenvalue weighted by Gasteiger charge is 2.20. The first kappa shape index (κ1) is 17.6. The molecule has 128 valence electrons. The van der Waals surface area contributed by atoms with E-state index in [2.05, 4.69) is 57.8 Å². The third-order valence-corrected chi connectivity index (χ3v) is 4.17. The number of anilines is 1. The fourth-order valence-corrected chi connectivity index (χ4v) is 2.74. The van der Waals surface area contributed by atoms with E-state index >= 15 is 0 Å². The van der Waals surface area contributed by atoms with Gasteiger partial charge in [-0.25, -0.2) is 0 Å². The number of hydrogen-bond donors (Lipinski definition) is 3. The Labute approximate surface area is 139 Å². The van der Waals surface area contributed by atoms with Gasteiger partial charge in [-0.05, 0) is 37.8 Å². The van der Waals surface area contributed by atoms with Crippen molar-refractivity contribution >= 4 is 11.6 Å². The van der Waals surface area contributed by atoms with Crippen molar-refractivity contribution in [1.29, 1.82) is 0 Å². The van der Waals surface area contributed by atoms with Gasteiger partial charge in [0.25, 0.3) is 0 Å². The molecule has 1 unspecified atom stereocenters. The average Bonchev–Trinajstić information content (AvgIpc) is 2.61. The minimum absolute atomic E-state index is 0.179. The number of hydrogen-bond acceptors (Lipinski definition) is 3. The number of nitrogens with one attached hydrogen (secondary N) is 2. The molecule has 3 N–H and O–H groups in total. The Kier molecular flexibility index (Phi) is 7.20. The van der Waals surface area contributed by atoms with Crippen LogP contribution in [0.15, 0.2) is 35.3 Å². The Morgan fingerprint density at radius 3 is 2.61 bits per heavy atom. The van der Waals surface area contributed by atoms with Gasteiger partial charge in [0.1, 0.15) is 0 Å². The molecule has 0 spiro atoms. The zero-order valence-corrected chi connectivity index (χ0v) is 14.3. The van der Waals surface area contributed by atoms with Crippen molar-refractivity contribution in [2.75, 3.05) is 37.7 Å². The van der Waals surface area contributed by atoms with Crippen LogP contribution in [0.2, 0.25) is 0 Å². The molecule has 0 aromatic heterocycles. The van der Waals surface area contributed by atoms with E-state index in [0.717, 1.165) is 38.4 Å². The summed E-state index contributed by atoms with van der Waals surface area (Å²) in [4.78, 5) is 7.02. The topological polar surface area (TPSA) is 59.9 Å². The van der Waals surface area contributed by atoms with E-state index in [9.17, 15) is 0 Å². The number of rotatable bonds is 6. The highest BCUT2D eigenvalue weighted by molar-refractivity contribution is 5.80. The summed E-state index contributed by atoms with van der Waals surface area (Å²) in [5.41, 5.74) is 1.31. The van der Waals surface area contributed by atoms with Gasteiger partial charge in [0.2, 0.25) is 0 Å². The second-order valence-corrected chi connectivity index (χ2v) is 6.25. The molecule has 1 atom stereocenters. The van der Waals surface area contributed by atoms with Crippen molar-refractivity contribution in [3.63, 3.8) is 0 Å². The third kappa shape index (κ3) is 5.75. The lowest BCUT2D eigenvalue weighted by molar-refractivity contribution is 0.241. The minimum atomic E-state index is 0.179. The zero-order valence-electron chi connectivity index (χ0n) is 14.3. The summed E-state index contributed by atoms with van der Waals surface area (Å²) in [7, 11) is 0. The lowest BCUT2D eigenvalue weighted by Gasteiger charge is -2.34. The normalized spacial score (nSPS) is 17.9. The predicted octanol–water partition coefficient (Wildman–Crippen LogP) is 1.84. The van der Waals surface area contributed by atoms with Crippen molar-refractivity contribution in [1.82, 2.24) is 10.6 Å². The number of guanidine groups is 1. The number of piperidine rings is 1. The van der Waals surface area contributed by atoms with E-state index in [1.807, 2.05) is 6.92 Å². The lowest BCUT2D eigenvalue weighted by Crippen LogP contribution is -2.49. The van der Waals surface area contributed by atoms with E-state index in [1.165, 1.54) is 5.69 Å². The summed E-state index contributed by atoms with van der Waals surface area (Å²) in [6, 6.07) is 11.1. The van der Waals surface area contributed by atoms with Crippen LogP contribution >= 0.6 is 0 Å². The Balaban J connectivity index is 1.83. The molecule has 2 rings (SSSR count). The van der Waals surface area contributed by atoms with E-state index in [-0.39, 0.29) is 12.5 Å². The molecule has 1 heterocycles. The molecule has 0 amide bonds. The Morgan fingerprint density at radius 2 is 2.00 bits per heavy atom. The first-order chi connectivity index (χ1) is 11.2. The van der Waals surface area contributed by atoms with Crippen molar-refractivity contribution in [2.45, 2.75) is 32.7 Å². The van der Waals surface area contributed by atoms with Gasteiger partial charge in [0.05, 0.1) is 0 Å². The highest BCUT2D eigenvalue weighted by Crippen LogP contribution is 2.19. The monoisotopic (exact) mass is 318 g/mol. The number of aliphatic hydroxyl groups excluding tert-OH is 1. The first-order valence-electron chi connectivity index (χ1n) is 8.68. The molecule has 1 aliphatic heterocycles. The quantitative estimate of drug-likeness (QED) is 0.553. The number of benzene rings is 1. The van der Waals surface area contributed by atoms with Gasteiger partial charge in [-0.1, -0.05) is 25.1 Å². The van der Waals surface area contributed by atoms with Crippen molar-refractivity contribution < 1.29 is 5.11 Å². The number of para-hydroxylation sites is 1. The van der Waals surface area contributed by atoms with Gasteiger partial charge in [0, 0.05) is 44.5 Å². The summed E-state index contributed by atoms with van der Waals surface area (Å²) in [6.07, 6.45) is 2.21. The molecule has 0 bridgehead atoms. The van der Waals surface area contributed by atoms with Crippen LogP contribution in [0.1, 0.15) is 26.7 Å². The number of aliphatic hydroxyl groups is 1. The molecule has 0 aliphatic carbocycles. The Bertz CT molecular complexity index is 469. The van der Waals surface area contributed by atoms with Crippen LogP contribution in [0.4, 0.5) is 5.69 Å². The fraction of sp³-hybridized carbons (Fsp3) is 0.611. The van der Waals surface area contributed by atoms with Crippen molar-refractivity contribution in [2.24, 2.45) is 10.9 Å². The summed E-state index contributed by atoms with van der Waals surface area (Å²) < 4.78 is 0. The molecular weight excluding hydrogens is 288 g/mol. The maximum atomic E-state index is 9.12. The molecule has 1 saturated heterocycles. The van der Waals surface area contributed by atoms with E-state index in [4.69, 9.17) is 5.11 Å². The van der Waals surface area contributed by atoms with Gasteiger partial charge >= 0.3 is 0 Å². The van der Waals surface area contributed by atoms with Crippen LogP contribution in [-0.4, -0.2) is 49.9 Å².